The van der Waals surface area contributed by atoms with Crippen molar-refractivity contribution >= 4 is 16.7 Å². The Morgan fingerprint density at radius 3 is 2.70 bits per heavy atom. The third-order valence-corrected chi connectivity index (χ3v) is 3.90. The number of methoxy groups -OCH3 is 1. The molecule has 0 aliphatic heterocycles. The first-order valence-electron chi connectivity index (χ1n) is 7.64. The van der Waals surface area contributed by atoms with Crippen molar-refractivity contribution in [2.45, 2.75) is 19.9 Å². The van der Waals surface area contributed by atoms with E-state index in [2.05, 4.69) is 24.4 Å². The van der Waals surface area contributed by atoms with E-state index in [4.69, 9.17) is 9.15 Å². The van der Waals surface area contributed by atoms with Crippen molar-refractivity contribution in [2.75, 3.05) is 12.4 Å². The first kappa shape index (κ1) is 15.2. The van der Waals surface area contributed by atoms with Crippen LogP contribution in [0.25, 0.3) is 11.0 Å². The van der Waals surface area contributed by atoms with Crippen LogP contribution in [0.3, 0.4) is 0 Å². The van der Waals surface area contributed by atoms with Crippen molar-refractivity contribution in [3.63, 3.8) is 0 Å². The van der Waals surface area contributed by atoms with Crippen molar-refractivity contribution in [1.29, 1.82) is 0 Å². The van der Waals surface area contributed by atoms with Crippen molar-refractivity contribution < 1.29 is 9.15 Å². The number of aryl methyl sites for hydroxylation is 1. The minimum atomic E-state index is -0.355. The quantitative estimate of drug-likeness (QED) is 0.724. The molecule has 4 heteroatoms. The number of hydrogen-bond donors (Lipinski definition) is 1. The Balaban J connectivity index is 1.95. The van der Waals surface area contributed by atoms with Crippen LogP contribution in [0.5, 0.6) is 5.75 Å². The zero-order valence-corrected chi connectivity index (χ0v) is 13.3. The lowest BCUT2D eigenvalue weighted by Crippen LogP contribution is -2.07. The number of rotatable bonds is 5. The van der Waals surface area contributed by atoms with Crippen LogP contribution in [0.4, 0.5) is 5.69 Å². The van der Waals surface area contributed by atoms with Crippen molar-refractivity contribution in [2.24, 2.45) is 0 Å². The maximum Gasteiger partial charge on any atom is 0.336 e. The van der Waals surface area contributed by atoms with E-state index in [1.54, 1.807) is 13.2 Å². The Labute approximate surface area is 134 Å². The molecule has 0 aliphatic carbocycles. The van der Waals surface area contributed by atoms with Gasteiger partial charge in [0.1, 0.15) is 11.3 Å². The summed E-state index contributed by atoms with van der Waals surface area (Å²) in [5, 5.41) is 4.33. The number of ether oxygens (including phenoxy) is 1. The zero-order valence-electron chi connectivity index (χ0n) is 13.3. The minimum absolute atomic E-state index is 0.355. The first-order valence-corrected chi connectivity index (χ1v) is 7.64. The molecule has 0 fully saturated rings. The van der Waals surface area contributed by atoms with Crippen LogP contribution < -0.4 is 15.7 Å². The van der Waals surface area contributed by atoms with Gasteiger partial charge in [0.25, 0.3) is 0 Å². The normalized spacial score (nSPS) is 10.7. The monoisotopic (exact) mass is 309 g/mol. The highest BCUT2D eigenvalue weighted by atomic mass is 16.5. The largest absolute Gasteiger partial charge is 0.497 e. The fourth-order valence-corrected chi connectivity index (χ4v) is 2.67. The van der Waals surface area contributed by atoms with Gasteiger partial charge in [0.2, 0.25) is 0 Å². The summed E-state index contributed by atoms with van der Waals surface area (Å²) in [6.45, 7) is 2.69. The Morgan fingerprint density at radius 1 is 1.09 bits per heavy atom. The third kappa shape index (κ3) is 3.21. The Kier molecular flexibility index (Phi) is 4.33. The smallest absolute Gasteiger partial charge is 0.336 e. The third-order valence-electron chi connectivity index (χ3n) is 3.90. The van der Waals surface area contributed by atoms with Crippen LogP contribution in [0.1, 0.15) is 18.1 Å². The lowest BCUT2D eigenvalue weighted by atomic mass is 10.1. The Bertz CT molecular complexity index is 883. The number of nitrogens with one attached hydrogen (secondary N) is 1. The molecule has 0 atom stereocenters. The Morgan fingerprint density at radius 2 is 1.91 bits per heavy atom. The second-order valence-electron chi connectivity index (χ2n) is 5.32. The summed E-state index contributed by atoms with van der Waals surface area (Å²) in [4.78, 5) is 11.8. The van der Waals surface area contributed by atoms with Gasteiger partial charge in [-0.3, -0.25) is 0 Å². The molecular weight excluding hydrogens is 290 g/mol. The average molecular weight is 309 g/mol. The van der Waals surface area contributed by atoms with Gasteiger partial charge in [-0.05, 0) is 35.7 Å². The summed E-state index contributed by atoms with van der Waals surface area (Å²) in [7, 11) is 1.59. The second kappa shape index (κ2) is 6.57. The molecule has 3 aromatic rings. The summed E-state index contributed by atoms with van der Waals surface area (Å²) in [5.41, 5.74) is 3.43. The van der Waals surface area contributed by atoms with Crippen LogP contribution in [0.2, 0.25) is 0 Å². The number of fused-ring (bicyclic) bond motifs is 1. The molecule has 118 valence electrons. The maximum absolute atomic E-state index is 11.8. The van der Waals surface area contributed by atoms with Gasteiger partial charge < -0.3 is 14.5 Å². The molecule has 1 aromatic heterocycles. The van der Waals surface area contributed by atoms with Gasteiger partial charge in [0.15, 0.2) is 0 Å². The molecule has 1 heterocycles. The second-order valence-corrected chi connectivity index (χ2v) is 5.32. The van der Waals surface area contributed by atoms with Crippen LogP contribution in [0.15, 0.2) is 57.7 Å². The van der Waals surface area contributed by atoms with E-state index in [1.165, 1.54) is 11.6 Å². The van der Waals surface area contributed by atoms with Gasteiger partial charge in [0.05, 0.1) is 7.11 Å². The zero-order chi connectivity index (χ0) is 16.2. The van der Waals surface area contributed by atoms with Crippen LogP contribution >= 0.6 is 0 Å². The molecule has 0 spiro atoms. The molecule has 0 bridgehead atoms. The summed E-state index contributed by atoms with van der Waals surface area (Å²) < 4.78 is 10.5. The van der Waals surface area contributed by atoms with Gasteiger partial charge in [0, 0.05) is 29.8 Å². The van der Waals surface area contributed by atoms with Gasteiger partial charge >= 0.3 is 5.63 Å². The molecule has 0 saturated carbocycles. The first-order chi connectivity index (χ1) is 11.2. The van der Waals surface area contributed by atoms with Crippen LogP contribution in [0, 0.1) is 0 Å². The van der Waals surface area contributed by atoms with Gasteiger partial charge in [-0.15, -0.1) is 0 Å². The molecule has 0 aliphatic rings. The molecule has 1 N–H and O–H groups in total. The highest BCUT2D eigenvalue weighted by molar-refractivity contribution is 5.81. The van der Waals surface area contributed by atoms with Crippen molar-refractivity contribution in [1.82, 2.24) is 0 Å². The van der Waals surface area contributed by atoms with E-state index in [0.29, 0.717) is 17.9 Å². The predicted molar refractivity (Wildman–Crippen MR) is 92.2 cm³/mol. The molecule has 0 saturated heterocycles. The summed E-state index contributed by atoms with van der Waals surface area (Å²) in [5.74, 6) is 0.669. The SMILES string of the molecule is CCc1ccccc1NCc1cc(=O)oc2cc(OC)ccc12. The molecule has 0 amide bonds. The molecular formula is C19H19NO3. The van der Waals surface area contributed by atoms with Crippen molar-refractivity contribution in [3.05, 3.63) is 70.1 Å². The van der Waals surface area contributed by atoms with Gasteiger partial charge in [-0.25, -0.2) is 4.79 Å². The summed E-state index contributed by atoms with van der Waals surface area (Å²) >= 11 is 0. The van der Waals surface area contributed by atoms with Crippen LogP contribution in [-0.4, -0.2) is 7.11 Å². The fraction of sp³-hybridized carbons (Fsp3) is 0.211. The van der Waals surface area contributed by atoms with E-state index in [-0.39, 0.29) is 5.63 Å². The molecule has 0 radical (unpaired) electrons. The van der Waals surface area contributed by atoms with E-state index in [0.717, 1.165) is 23.1 Å². The van der Waals surface area contributed by atoms with Crippen LogP contribution in [-0.2, 0) is 13.0 Å². The average Bonchev–Trinajstić information content (AvgIpc) is 2.59. The molecule has 2 aromatic carbocycles. The van der Waals surface area contributed by atoms with E-state index in [9.17, 15) is 4.79 Å². The fourth-order valence-electron chi connectivity index (χ4n) is 2.67. The standard InChI is InChI=1S/C19H19NO3/c1-3-13-6-4-5-7-17(13)20-12-14-10-19(21)23-18-11-15(22-2)8-9-16(14)18/h4-11,20H,3,12H2,1-2H3. The maximum atomic E-state index is 11.8. The topological polar surface area (TPSA) is 51.5 Å². The summed E-state index contributed by atoms with van der Waals surface area (Å²) in [6, 6.07) is 15.2. The van der Waals surface area contributed by atoms with E-state index >= 15 is 0 Å². The van der Waals surface area contributed by atoms with Gasteiger partial charge in [-0.2, -0.15) is 0 Å². The van der Waals surface area contributed by atoms with E-state index < -0.39 is 0 Å². The highest BCUT2D eigenvalue weighted by Crippen LogP contribution is 2.24. The Hall–Kier alpha value is -2.75. The predicted octanol–water partition coefficient (Wildman–Crippen LogP) is 3.98. The summed E-state index contributed by atoms with van der Waals surface area (Å²) in [6.07, 6.45) is 0.956. The van der Waals surface area contributed by atoms with Crippen molar-refractivity contribution in [3.8, 4) is 5.75 Å². The lowest BCUT2D eigenvalue weighted by molar-refractivity contribution is 0.414. The number of hydrogen-bond acceptors (Lipinski definition) is 4. The molecule has 3 rings (SSSR count). The molecule has 4 nitrogen and oxygen atoms in total. The van der Waals surface area contributed by atoms with Gasteiger partial charge in [-0.1, -0.05) is 25.1 Å². The molecule has 23 heavy (non-hydrogen) atoms. The molecule has 0 unspecified atom stereocenters. The van der Waals surface area contributed by atoms with E-state index in [1.807, 2.05) is 24.3 Å². The lowest BCUT2D eigenvalue weighted by Gasteiger charge is -2.12. The number of para-hydroxylation sites is 1. The highest BCUT2D eigenvalue weighted by Gasteiger charge is 2.08. The number of benzene rings is 2. The minimum Gasteiger partial charge on any atom is -0.497 e. The number of anilines is 1.